The van der Waals surface area contributed by atoms with E-state index in [2.05, 4.69) is 16.4 Å². The fraction of sp³-hybridized carbons (Fsp3) is 0.231. The average molecular weight is 440 g/mol. The van der Waals surface area contributed by atoms with Gasteiger partial charge in [0.15, 0.2) is 0 Å². The third-order valence-electron chi connectivity index (χ3n) is 6.01. The maximum absolute atomic E-state index is 12.8. The predicted molar refractivity (Wildman–Crippen MR) is 127 cm³/mol. The zero-order valence-corrected chi connectivity index (χ0v) is 18.4. The summed E-state index contributed by atoms with van der Waals surface area (Å²) in [4.78, 5) is 32.9. The van der Waals surface area contributed by atoms with Gasteiger partial charge in [0.2, 0.25) is 0 Å². The predicted octanol–water partition coefficient (Wildman–Crippen LogP) is 4.39. The quantitative estimate of drug-likeness (QED) is 0.653. The van der Waals surface area contributed by atoms with Crippen LogP contribution in [0.2, 0.25) is 0 Å². The van der Waals surface area contributed by atoms with E-state index >= 15 is 0 Å². The van der Waals surface area contributed by atoms with Crippen LogP contribution in [0.4, 0.5) is 10.5 Å². The Morgan fingerprint density at radius 1 is 1.03 bits per heavy atom. The van der Waals surface area contributed by atoms with Crippen LogP contribution in [0, 0.1) is 11.3 Å². The summed E-state index contributed by atoms with van der Waals surface area (Å²) in [6, 6.07) is 20.6. The minimum Gasteiger partial charge on any atom is -0.338 e. The molecule has 1 fully saturated rings. The molecule has 33 heavy (non-hydrogen) atoms. The van der Waals surface area contributed by atoms with E-state index in [1.807, 2.05) is 41.3 Å². The zero-order valence-electron chi connectivity index (χ0n) is 18.4. The molecule has 1 aliphatic heterocycles. The molecule has 3 amide bonds. The lowest BCUT2D eigenvalue weighted by molar-refractivity contribution is 0.0671. The number of hydrogen-bond donors (Lipinski definition) is 1. The van der Waals surface area contributed by atoms with E-state index < -0.39 is 0 Å². The van der Waals surface area contributed by atoms with E-state index in [0.717, 1.165) is 24.0 Å². The van der Waals surface area contributed by atoms with Crippen LogP contribution in [0.15, 0.2) is 73.1 Å². The molecule has 2 aromatic carbocycles. The monoisotopic (exact) mass is 439 g/mol. The first-order valence-electron chi connectivity index (χ1n) is 10.9. The number of rotatable bonds is 4. The van der Waals surface area contributed by atoms with Gasteiger partial charge in [-0.1, -0.05) is 24.3 Å². The molecule has 0 saturated carbocycles. The third kappa shape index (κ3) is 5.18. The highest BCUT2D eigenvalue weighted by Gasteiger charge is 2.28. The van der Waals surface area contributed by atoms with Crippen LogP contribution in [0.5, 0.6) is 0 Å². The first-order valence-corrected chi connectivity index (χ1v) is 10.9. The standard InChI is InChI=1S/C26H25N5O2/c1-30(24-12-15-31(16-13-24)25(32)22-3-2-14-28-18-22)26(33)29-23-10-8-21(9-11-23)20-6-4-19(17-27)5-7-20/h2-11,14,18,24H,12-13,15-16H2,1H3,(H,29,33). The molecule has 1 N–H and O–H groups in total. The SMILES string of the molecule is CN(C(=O)Nc1ccc(-c2ccc(C#N)cc2)cc1)C1CCN(C(=O)c2cccnc2)CC1. The highest BCUT2D eigenvalue weighted by Crippen LogP contribution is 2.23. The van der Waals surface area contributed by atoms with Gasteiger partial charge in [-0.2, -0.15) is 5.26 Å². The number of urea groups is 1. The van der Waals surface area contributed by atoms with Gasteiger partial charge in [0.1, 0.15) is 0 Å². The second-order valence-corrected chi connectivity index (χ2v) is 8.07. The highest BCUT2D eigenvalue weighted by atomic mass is 16.2. The van der Waals surface area contributed by atoms with E-state index in [-0.39, 0.29) is 18.0 Å². The second kappa shape index (κ2) is 9.96. The molecule has 0 bridgehead atoms. The number of benzene rings is 2. The molecule has 2 heterocycles. The van der Waals surface area contributed by atoms with Crippen LogP contribution >= 0.6 is 0 Å². The minimum atomic E-state index is -0.168. The lowest BCUT2D eigenvalue weighted by Crippen LogP contribution is -2.48. The average Bonchev–Trinajstić information content (AvgIpc) is 2.89. The number of aromatic nitrogens is 1. The van der Waals surface area contributed by atoms with Gasteiger partial charge in [0.25, 0.3) is 5.91 Å². The van der Waals surface area contributed by atoms with Crippen LogP contribution in [0.25, 0.3) is 11.1 Å². The molecule has 0 atom stereocenters. The van der Waals surface area contributed by atoms with E-state index in [1.165, 1.54) is 0 Å². The summed E-state index contributed by atoms with van der Waals surface area (Å²) in [5.41, 5.74) is 3.95. The number of amides is 3. The minimum absolute atomic E-state index is 0.0176. The molecular weight excluding hydrogens is 414 g/mol. The summed E-state index contributed by atoms with van der Waals surface area (Å²) >= 11 is 0. The van der Waals surface area contributed by atoms with Crippen molar-refractivity contribution in [3.63, 3.8) is 0 Å². The van der Waals surface area contributed by atoms with Crippen molar-refractivity contribution in [1.29, 1.82) is 5.26 Å². The normalized spacial score (nSPS) is 13.8. The fourth-order valence-electron chi connectivity index (χ4n) is 3.99. The first-order chi connectivity index (χ1) is 16.0. The number of likely N-dealkylation sites (tertiary alicyclic amines) is 1. The molecule has 1 saturated heterocycles. The van der Waals surface area contributed by atoms with E-state index in [1.54, 1.807) is 48.6 Å². The fourth-order valence-corrected chi connectivity index (χ4v) is 3.99. The Kier molecular flexibility index (Phi) is 6.65. The molecule has 0 radical (unpaired) electrons. The molecule has 1 aliphatic rings. The number of piperidine rings is 1. The maximum atomic E-state index is 12.8. The van der Waals surface area contributed by atoms with Crippen LogP contribution in [0.3, 0.4) is 0 Å². The number of nitriles is 1. The lowest BCUT2D eigenvalue weighted by Gasteiger charge is -2.36. The van der Waals surface area contributed by atoms with Crippen LogP contribution in [-0.2, 0) is 0 Å². The molecule has 4 rings (SSSR count). The topological polar surface area (TPSA) is 89.3 Å². The number of carbonyl (C=O) groups is 2. The summed E-state index contributed by atoms with van der Waals surface area (Å²) in [6.45, 7) is 1.21. The van der Waals surface area contributed by atoms with Gasteiger partial charge in [-0.15, -0.1) is 0 Å². The Hall–Kier alpha value is -4.18. The van der Waals surface area contributed by atoms with Gasteiger partial charge < -0.3 is 15.1 Å². The summed E-state index contributed by atoms with van der Waals surface area (Å²) in [6.07, 6.45) is 4.69. The molecule has 0 aliphatic carbocycles. The summed E-state index contributed by atoms with van der Waals surface area (Å²) in [7, 11) is 1.80. The molecular formula is C26H25N5O2. The van der Waals surface area contributed by atoms with Crippen LogP contribution < -0.4 is 5.32 Å². The van der Waals surface area contributed by atoms with E-state index in [4.69, 9.17) is 5.26 Å². The van der Waals surface area contributed by atoms with Crippen molar-refractivity contribution in [2.45, 2.75) is 18.9 Å². The molecule has 7 heteroatoms. The van der Waals surface area contributed by atoms with Gasteiger partial charge in [-0.05, 0) is 60.4 Å². The smallest absolute Gasteiger partial charge is 0.321 e. The number of pyridine rings is 1. The van der Waals surface area contributed by atoms with Gasteiger partial charge >= 0.3 is 6.03 Å². The summed E-state index contributed by atoms with van der Waals surface area (Å²) in [5, 5.41) is 11.9. The van der Waals surface area contributed by atoms with E-state index in [9.17, 15) is 9.59 Å². The maximum Gasteiger partial charge on any atom is 0.321 e. The Morgan fingerprint density at radius 3 is 2.24 bits per heavy atom. The first kappa shape index (κ1) is 22.0. The van der Waals surface area contributed by atoms with Crippen molar-refractivity contribution in [2.75, 3.05) is 25.5 Å². The number of nitrogens with zero attached hydrogens (tertiary/aromatic N) is 4. The van der Waals surface area contributed by atoms with Crippen LogP contribution in [-0.4, -0.2) is 52.9 Å². The van der Waals surface area contributed by atoms with Gasteiger partial charge in [-0.3, -0.25) is 9.78 Å². The highest BCUT2D eigenvalue weighted by molar-refractivity contribution is 5.94. The third-order valence-corrected chi connectivity index (χ3v) is 6.01. The molecule has 166 valence electrons. The zero-order chi connectivity index (χ0) is 23.2. The van der Waals surface area contributed by atoms with Crippen molar-refractivity contribution >= 4 is 17.6 Å². The van der Waals surface area contributed by atoms with Crippen molar-refractivity contribution in [1.82, 2.24) is 14.8 Å². The van der Waals surface area contributed by atoms with Gasteiger partial charge in [-0.25, -0.2) is 4.79 Å². The van der Waals surface area contributed by atoms with Crippen molar-refractivity contribution in [2.24, 2.45) is 0 Å². The number of carbonyl (C=O) groups excluding carboxylic acids is 2. The van der Waals surface area contributed by atoms with Crippen molar-refractivity contribution in [3.8, 4) is 17.2 Å². The molecule has 0 unspecified atom stereocenters. The van der Waals surface area contributed by atoms with E-state index in [0.29, 0.717) is 29.9 Å². The molecule has 7 nitrogen and oxygen atoms in total. The van der Waals surface area contributed by atoms with Crippen molar-refractivity contribution < 1.29 is 9.59 Å². The number of hydrogen-bond acceptors (Lipinski definition) is 4. The van der Waals surface area contributed by atoms with Crippen LogP contribution in [0.1, 0.15) is 28.8 Å². The Bertz CT molecular complexity index is 1150. The largest absolute Gasteiger partial charge is 0.338 e. The van der Waals surface area contributed by atoms with Gasteiger partial charge in [0, 0.05) is 44.3 Å². The number of anilines is 1. The Morgan fingerprint density at radius 2 is 1.67 bits per heavy atom. The summed E-state index contributed by atoms with van der Waals surface area (Å²) in [5.74, 6) is -0.0176. The van der Waals surface area contributed by atoms with Gasteiger partial charge in [0.05, 0.1) is 17.2 Å². The Labute approximate surface area is 193 Å². The second-order valence-electron chi connectivity index (χ2n) is 8.07. The van der Waals surface area contributed by atoms with Crippen molar-refractivity contribution in [3.05, 3.63) is 84.2 Å². The molecule has 3 aromatic rings. The number of nitrogens with one attached hydrogen (secondary N) is 1. The molecule has 0 spiro atoms. The molecule has 1 aromatic heterocycles. The lowest BCUT2D eigenvalue weighted by atomic mass is 10.0. The summed E-state index contributed by atoms with van der Waals surface area (Å²) < 4.78 is 0. The Balaban J connectivity index is 1.30.